The first-order valence-electron chi connectivity index (χ1n) is 7.65. The number of aliphatic hydroxyl groups excluding tert-OH is 1. The molecule has 0 unspecified atom stereocenters. The van der Waals surface area contributed by atoms with E-state index in [1.807, 2.05) is 0 Å². The molecule has 0 spiro atoms. The van der Waals surface area contributed by atoms with Gasteiger partial charge in [-0.15, -0.1) is 0 Å². The molecular formula is C15H18FN5O3. The zero-order valence-corrected chi connectivity index (χ0v) is 13.0. The van der Waals surface area contributed by atoms with Crippen molar-refractivity contribution in [2.45, 2.75) is 12.8 Å². The van der Waals surface area contributed by atoms with Crippen LogP contribution < -0.4 is 15.8 Å². The number of morpholine rings is 1. The van der Waals surface area contributed by atoms with Gasteiger partial charge in [0.2, 0.25) is 5.95 Å². The van der Waals surface area contributed by atoms with E-state index in [2.05, 4.69) is 20.8 Å². The van der Waals surface area contributed by atoms with Crippen molar-refractivity contribution in [2.75, 3.05) is 36.6 Å². The Hall–Kier alpha value is -2.68. The summed E-state index contributed by atoms with van der Waals surface area (Å²) < 4.78 is 19.2. The summed E-state index contributed by atoms with van der Waals surface area (Å²) >= 11 is 0. The molecule has 0 radical (unpaired) electrons. The lowest BCUT2D eigenvalue weighted by Crippen LogP contribution is -2.38. The van der Waals surface area contributed by atoms with Crippen LogP contribution in [0, 0.1) is 5.82 Å². The van der Waals surface area contributed by atoms with Crippen molar-refractivity contribution in [3.63, 3.8) is 0 Å². The number of amides is 1. The third kappa shape index (κ3) is 3.62. The lowest BCUT2D eigenvalue weighted by Gasteiger charge is -2.28. The topological polar surface area (TPSA) is 99.6 Å². The molecule has 0 aromatic carbocycles. The molecule has 2 aliphatic rings. The van der Waals surface area contributed by atoms with Gasteiger partial charge in [-0.1, -0.05) is 6.08 Å². The van der Waals surface area contributed by atoms with Gasteiger partial charge in [0.1, 0.15) is 5.76 Å². The van der Waals surface area contributed by atoms with Gasteiger partial charge in [-0.3, -0.25) is 15.6 Å². The molecule has 3 rings (SSSR count). The molecule has 0 atom stereocenters. The van der Waals surface area contributed by atoms with E-state index in [-0.39, 0.29) is 23.1 Å². The second kappa shape index (κ2) is 7.26. The van der Waals surface area contributed by atoms with Crippen LogP contribution in [0.5, 0.6) is 0 Å². The van der Waals surface area contributed by atoms with Crippen molar-refractivity contribution < 1.29 is 19.0 Å². The predicted octanol–water partition coefficient (Wildman–Crippen LogP) is 1.06. The molecular weight excluding hydrogens is 317 g/mol. The molecule has 0 saturated carbocycles. The van der Waals surface area contributed by atoms with Crippen LogP contribution in [0.1, 0.15) is 12.8 Å². The molecule has 1 fully saturated rings. The summed E-state index contributed by atoms with van der Waals surface area (Å²) in [5.41, 5.74) is 5.13. The van der Waals surface area contributed by atoms with E-state index in [1.54, 1.807) is 17.1 Å². The first kappa shape index (κ1) is 16.2. The minimum absolute atomic E-state index is 0.0332. The maximum Gasteiger partial charge on any atom is 0.273 e. The first-order chi connectivity index (χ1) is 11.6. The highest BCUT2D eigenvalue weighted by molar-refractivity contribution is 5.97. The van der Waals surface area contributed by atoms with E-state index in [0.717, 1.165) is 6.20 Å². The number of hydrogen-bond acceptors (Lipinski definition) is 7. The second-order valence-electron chi connectivity index (χ2n) is 5.35. The van der Waals surface area contributed by atoms with E-state index < -0.39 is 11.7 Å². The van der Waals surface area contributed by atoms with Crippen molar-refractivity contribution in [3.8, 4) is 0 Å². The normalized spacial score (nSPS) is 17.8. The third-order valence-electron chi connectivity index (χ3n) is 3.71. The Kier molecular flexibility index (Phi) is 4.90. The third-order valence-corrected chi connectivity index (χ3v) is 3.71. The Balaban J connectivity index is 1.67. The molecule has 0 bridgehead atoms. The molecule has 24 heavy (non-hydrogen) atoms. The maximum absolute atomic E-state index is 13.9. The van der Waals surface area contributed by atoms with Gasteiger partial charge < -0.3 is 14.7 Å². The van der Waals surface area contributed by atoms with Crippen molar-refractivity contribution in [1.29, 1.82) is 0 Å². The summed E-state index contributed by atoms with van der Waals surface area (Å²) in [5.74, 6) is -0.796. The highest BCUT2D eigenvalue weighted by Crippen LogP contribution is 2.19. The van der Waals surface area contributed by atoms with Gasteiger partial charge >= 0.3 is 0 Å². The quantitative estimate of drug-likeness (QED) is 0.708. The number of halogens is 1. The predicted molar refractivity (Wildman–Crippen MR) is 84.8 cm³/mol. The number of hydrazine groups is 1. The molecule has 2 heterocycles. The van der Waals surface area contributed by atoms with Crippen LogP contribution in [0.3, 0.4) is 0 Å². The number of carbonyl (C=O) groups excluding carboxylic acids is 1. The number of nitrogens with one attached hydrogen (secondary N) is 2. The van der Waals surface area contributed by atoms with Gasteiger partial charge in [0.25, 0.3) is 5.91 Å². The number of anilines is 2. The monoisotopic (exact) mass is 335 g/mol. The van der Waals surface area contributed by atoms with Gasteiger partial charge in [0.15, 0.2) is 11.6 Å². The Morgan fingerprint density at radius 3 is 2.92 bits per heavy atom. The SMILES string of the molecule is O=C(NNc1ncc(F)c(N2CCOCC2)n1)C1=C(O)CCC=C1. The lowest BCUT2D eigenvalue weighted by atomic mass is 10.1. The minimum Gasteiger partial charge on any atom is -0.511 e. The van der Waals surface area contributed by atoms with Crippen LogP contribution in [0.2, 0.25) is 0 Å². The number of rotatable bonds is 4. The average molecular weight is 335 g/mol. The van der Waals surface area contributed by atoms with E-state index >= 15 is 0 Å². The number of aromatic nitrogens is 2. The van der Waals surface area contributed by atoms with Crippen molar-refractivity contribution in [2.24, 2.45) is 0 Å². The van der Waals surface area contributed by atoms with Crippen LogP contribution in [0.4, 0.5) is 16.2 Å². The summed E-state index contributed by atoms with van der Waals surface area (Å²) in [6.07, 6.45) is 5.52. The summed E-state index contributed by atoms with van der Waals surface area (Å²) in [4.78, 5) is 21.7. The largest absolute Gasteiger partial charge is 0.511 e. The molecule has 1 aliphatic carbocycles. The average Bonchev–Trinajstić information content (AvgIpc) is 2.62. The van der Waals surface area contributed by atoms with E-state index in [1.165, 1.54) is 0 Å². The number of allylic oxidation sites excluding steroid dienone is 2. The van der Waals surface area contributed by atoms with Gasteiger partial charge in [-0.05, 0) is 12.5 Å². The molecule has 9 heteroatoms. The smallest absolute Gasteiger partial charge is 0.273 e. The van der Waals surface area contributed by atoms with Crippen molar-refractivity contribution in [1.82, 2.24) is 15.4 Å². The van der Waals surface area contributed by atoms with Crippen LogP contribution in [0.15, 0.2) is 29.7 Å². The Bertz CT molecular complexity index is 686. The molecule has 3 N–H and O–H groups in total. The van der Waals surface area contributed by atoms with Gasteiger partial charge in [0, 0.05) is 19.5 Å². The first-order valence-corrected chi connectivity index (χ1v) is 7.65. The molecule has 1 aromatic rings. The van der Waals surface area contributed by atoms with Crippen LogP contribution in [0.25, 0.3) is 0 Å². The fraction of sp³-hybridized carbons (Fsp3) is 0.400. The Labute approximate surface area is 138 Å². The van der Waals surface area contributed by atoms with E-state index in [0.29, 0.717) is 39.1 Å². The zero-order chi connectivity index (χ0) is 16.9. The summed E-state index contributed by atoms with van der Waals surface area (Å²) in [6, 6.07) is 0. The fourth-order valence-corrected chi connectivity index (χ4v) is 2.45. The van der Waals surface area contributed by atoms with Crippen molar-refractivity contribution >= 4 is 17.7 Å². The molecule has 8 nitrogen and oxygen atoms in total. The van der Waals surface area contributed by atoms with Gasteiger partial charge in [-0.2, -0.15) is 4.98 Å². The van der Waals surface area contributed by atoms with Gasteiger partial charge in [0.05, 0.1) is 25.0 Å². The van der Waals surface area contributed by atoms with Crippen LogP contribution in [-0.4, -0.2) is 47.3 Å². The number of ether oxygens (including phenoxy) is 1. The summed E-state index contributed by atoms with van der Waals surface area (Å²) in [5, 5.41) is 9.73. The number of hydrogen-bond donors (Lipinski definition) is 3. The Morgan fingerprint density at radius 1 is 1.38 bits per heavy atom. The fourth-order valence-electron chi connectivity index (χ4n) is 2.45. The second-order valence-corrected chi connectivity index (χ2v) is 5.35. The van der Waals surface area contributed by atoms with Crippen LogP contribution in [-0.2, 0) is 9.53 Å². The van der Waals surface area contributed by atoms with Gasteiger partial charge in [-0.25, -0.2) is 9.37 Å². The minimum atomic E-state index is -0.538. The molecule has 1 saturated heterocycles. The van der Waals surface area contributed by atoms with Crippen LogP contribution >= 0.6 is 0 Å². The number of carbonyl (C=O) groups is 1. The highest BCUT2D eigenvalue weighted by Gasteiger charge is 2.19. The molecule has 1 aliphatic heterocycles. The standard InChI is InChI=1S/C15H18FN5O3/c16-11-9-17-15(18-13(11)21-5-7-24-8-6-21)20-19-14(23)10-3-1-2-4-12(10)22/h1,3,9,22H,2,4-8H2,(H,19,23)(H,17,18,20). The maximum atomic E-state index is 13.9. The number of aliphatic hydroxyl groups is 1. The molecule has 1 amide bonds. The zero-order valence-electron chi connectivity index (χ0n) is 13.0. The molecule has 1 aromatic heterocycles. The lowest BCUT2D eigenvalue weighted by molar-refractivity contribution is -0.116. The van der Waals surface area contributed by atoms with E-state index in [9.17, 15) is 14.3 Å². The summed E-state index contributed by atoms with van der Waals surface area (Å²) in [6.45, 7) is 2.07. The summed E-state index contributed by atoms with van der Waals surface area (Å²) in [7, 11) is 0. The molecule has 128 valence electrons. The van der Waals surface area contributed by atoms with E-state index in [4.69, 9.17) is 4.74 Å². The number of nitrogens with zero attached hydrogens (tertiary/aromatic N) is 3. The highest BCUT2D eigenvalue weighted by atomic mass is 19.1. The van der Waals surface area contributed by atoms with Crippen molar-refractivity contribution in [3.05, 3.63) is 35.5 Å². The Morgan fingerprint density at radius 2 is 2.17 bits per heavy atom.